The first-order chi connectivity index (χ1) is 10.1. The molecule has 0 amide bonds. The van der Waals surface area contributed by atoms with Crippen molar-refractivity contribution >= 4 is 32.9 Å². The fraction of sp³-hybridized carbons (Fsp3) is 0.533. The lowest BCUT2D eigenvalue weighted by Crippen LogP contribution is -2.30. The Hall–Kier alpha value is -1.69. The van der Waals surface area contributed by atoms with Crippen LogP contribution in [-0.2, 0) is 0 Å². The number of nitrogens with one attached hydrogen (secondary N) is 1. The Morgan fingerprint density at radius 3 is 2.86 bits per heavy atom. The molecule has 0 spiro atoms. The molecule has 6 heteroatoms. The van der Waals surface area contributed by atoms with E-state index in [1.807, 2.05) is 12.1 Å². The molecule has 1 aliphatic rings. The first-order valence-electron chi connectivity index (χ1n) is 7.33. The second-order valence-electron chi connectivity index (χ2n) is 6.03. The maximum Gasteiger partial charge on any atom is 0.319 e. The predicted molar refractivity (Wildman–Crippen MR) is 85.9 cm³/mol. The SMILES string of the molecule is CC1CCC(Nc2ccc3scnc3c2[N+](=O)[O-])CC1C. The lowest BCUT2D eigenvalue weighted by Gasteiger charge is -2.32. The first kappa shape index (κ1) is 14.3. The monoisotopic (exact) mass is 305 g/mol. The fourth-order valence-corrected chi connectivity index (χ4v) is 3.80. The quantitative estimate of drug-likeness (QED) is 0.672. The molecular formula is C15H19N3O2S. The van der Waals surface area contributed by atoms with Gasteiger partial charge in [0.2, 0.25) is 0 Å². The van der Waals surface area contributed by atoms with E-state index in [9.17, 15) is 10.1 Å². The third-order valence-electron chi connectivity index (χ3n) is 4.62. The van der Waals surface area contributed by atoms with Crippen molar-refractivity contribution in [2.24, 2.45) is 11.8 Å². The molecule has 3 atom stereocenters. The average Bonchev–Trinajstić information content (AvgIpc) is 2.90. The van der Waals surface area contributed by atoms with Gasteiger partial charge in [-0.3, -0.25) is 10.1 Å². The zero-order valence-electron chi connectivity index (χ0n) is 12.2. The van der Waals surface area contributed by atoms with E-state index in [4.69, 9.17) is 0 Å². The predicted octanol–water partition coefficient (Wildman–Crippen LogP) is 4.44. The highest BCUT2D eigenvalue weighted by Crippen LogP contribution is 2.37. The summed E-state index contributed by atoms with van der Waals surface area (Å²) in [4.78, 5) is 15.3. The number of fused-ring (bicyclic) bond motifs is 1. The molecule has 21 heavy (non-hydrogen) atoms. The Morgan fingerprint density at radius 2 is 2.14 bits per heavy atom. The van der Waals surface area contributed by atoms with Crippen LogP contribution in [-0.4, -0.2) is 15.9 Å². The van der Waals surface area contributed by atoms with Crippen LogP contribution in [0.2, 0.25) is 0 Å². The van der Waals surface area contributed by atoms with E-state index >= 15 is 0 Å². The zero-order chi connectivity index (χ0) is 15.0. The highest BCUT2D eigenvalue weighted by Gasteiger charge is 2.27. The van der Waals surface area contributed by atoms with Gasteiger partial charge in [-0.2, -0.15) is 0 Å². The number of nitro benzene ring substituents is 1. The number of nitrogens with zero attached hydrogens (tertiary/aromatic N) is 2. The molecule has 1 N–H and O–H groups in total. The van der Waals surface area contributed by atoms with Crippen molar-refractivity contribution in [3.05, 3.63) is 27.8 Å². The molecule has 2 aromatic rings. The van der Waals surface area contributed by atoms with Gasteiger partial charge in [0.05, 0.1) is 15.1 Å². The summed E-state index contributed by atoms with van der Waals surface area (Å²) in [6, 6.07) is 4.05. The van der Waals surface area contributed by atoms with Crippen molar-refractivity contribution in [2.45, 2.75) is 39.2 Å². The minimum Gasteiger partial charge on any atom is -0.377 e. The summed E-state index contributed by atoms with van der Waals surface area (Å²) < 4.78 is 0.859. The number of anilines is 1. The average molecular weight is 305 g/mol. The van der Waals surface area contributed by atoms with Gasteiger partial charge in [-0.05, 0) is 43.2 Å². The summed E-state index contributed by atoms with van der Waals surface area (Å²) in [7, 11) is 0. The second-order valence-corrected chi connectivity index (χ2v) is 6.91. The topological polar surface area (TPSA) is 68.1 Å². The minimum atomic E-state index is -0.320. The Kier molecular flexibility index (Phi) is 3.80. The highest BCUT2D eigenvalue weighted by atomic mass is 32.1. The molecule has 3 rings (SSSR count). The van der Waals surface area contributed by atoms with Crippen LogP contribution in [0.3, 0.4) is 0 Å². The third kappa shape index (κ3) is 2.72. The molecule has 1 heterocycles. The number of rotatable bonds is 3. The van der Waals surface area contributed by atoms with Gasteiger partial charge >= 0.3 is 5.69 Å². The van der Waals surface area contributed by atoms with Crippen molar-refractivity contribution < 1.29 is 4.92 Å². The van der Waals surface area contributed by atoms with E-state index in [1.54, 1.807) is 5.51 Å². The van der Waals surface area contributed by atoms with Crippen LogP contribution < -0.4 is 5.32 Å². The minimum absolute atomic E-state index is 0.111. The number of hydrogen-bond acceptors (Lipinski definition) is 5. The van der Waals surface area contributed by atoms with Gasteiger partial charge in [-0.15, -0.1) is 11.3 Å². The van der Waals surface area contributed by atoms with Crippen LogP contribution in [0.15, 0.2) is 17.6 Å². The molecule has 112 valence electrons. The molecule has 1 aromatic carbocycles. The standard InChI is InChI=1S/C15H19N3O2S/c1-9-3-4-11(7-10(9)2)17-12-5-6-13-14(16-8-21-13)15(12)18(19)20/h5-6,8-11,17H,3-4,7H2,1-2H3. The van der Waals surface area contributed by atoms with E-state index in [0.717, 1.165) is 23.5 Å². The Balaban J connectivity index is 1.90. The second kappa shape index (κ2) is 5.60. The number of hydrogen-bond donors (Lipinski definition) is 1. The molecule has 0 aliphatic heterocycles. The van der Waals surface area contributed by atoms with E-state index < -0.39 is 0 Å². The lowest BCUT2D eigenvalue weighted by atomic mass is 9.79. The normalized spacial score (nSPS) is 25.9. The van der Waals surface area contributed by atoms with Crippen LogP contribution in [0.25, 0.3) is 10.2 Å². The molecule has 0 saturated heterocycles. The Labute approximate surface area is 127 Å². The molecule has 3 unspecified atom stereocenters. The van der Waals surface area contributed by atoms with Crippen LogP contribution in [0.4, 0.5) is 11.4 Å². The zero-order valence-corrected chi connectivity index (χ0v) is 13.0. The van der Waals surface area contributed by atoms with Gasteiger partial charge in [0.15, 0.2) is 5.52 Å². The van der Waals surface area contributed by atoms with Crippen molar-refractivity contribution in [1.82, 2.24) is 4.98 Å². The molecule has 1 fully saturated rings. The highest BCUT2D eigenvalue weighted by molar-refractivity contribution is 7.16. The number of thiazole rings is 1. The Bertz CT molecular complexity index is 670. The van der Waals surface area contributed by atoms with E-state index in [1.165, 1.54) is 17.8 Å². The summed E-state index contributed by atoms with van der Waals surface area (Å²) in [6.07, 6.45) is 3.30. The van der Waals surface area contributed by atoms with Gasteiger partial charge in [0.1, 0.15) is 5.69 Å². The number of nitro groups is 1. The largest absolute Gasteiger partial charge is 0.377 e. The van der Waals surface area contributed by atoms with Crippen molar-refractivity contribution in [2.75, 3.05) is 5.32 Å². The van der Waals surface area contributed by atoms with Crippen molar-refractivity contribution in [3.63, 3.8) is 0 Å². The lowest BCUT2D eigenvalue weighted by molar-refractivity contribution is -0.382. The van der Waals surface area contributed by atoms with Crippen LogP contribution in [0.1, 0.15) is 33.1 Å². The van der Waals surface area contributed by atoms with Crippen LogP contribution in [0.5, 0.6) is 0 Å². The number of benzene rings is 1. The molecular weight excluding hydrogens is 286 g/mol. The maximum atomic E-state index is 11.4. The number of aromatic nitrogens is 1. The van der Waals surface area contributed by atoms with E-state index in [2.05, 4.69) is 24.1 Å². The van der Waals surface area contributed by atoms with Gasteiger partial charge in [-0.1, -0.05) is 13.8 Å². The van der Waals surface area contributed by atoms with Gasteiger partial charge < -0.3 is 5.32 Å². The summed E-state index contributed by atoms with van der Waals surface area (Å²) in [5.41, 5.74) is 2.86. The van der Waals surface area contributed by atoms with Gasteiger partial charge in [-0.25, -0.2) is 4.98 Å². The fourth-order valence-electron chi connectivity index (χ4n) is 3.12. The van der Waals surface area contributed by atoms with Gasteiger partial charge in [0.25, 0.3) is 0 Å². The summed E-state index contributed by atoms with van der Waals surface area (Å²) in [5, 5.41) is 14.8. The molecule has 1 saturated carbocycles. The molecule has 1 aromatic heterocycles. The summed E-state index contributed by atoms with van der Waals surface area (Å²) in [6.45, 7) is 4.54. The first-order valence-corrected chi connectivity index (χ1v) is 8.21. The molecule has 0 bridgehead atoms. The summed E-state index contributed by atoms with van der Waals surface area (Å²) >= 11 is 1.43. The molecule has 5 nitrogen and oxygen atoms in total. The Morgan fingerprint density at radius 1 is 1.33 bits per heavy atom. The third-order valence-corrected chi connectivity index (χ3v) is 5.41. The maximum absolute atomic E-state index is 11.4. The smallest absolute Gasteiger partial charge is 0.319 e. The van der Waals surface area contributed by atoms with Gasteiger partial charge in [0, 0.05) is 6.04 Å². The van der Waals surface area contributed by atoms with Crippen molar-refractivity contribution in [1.29, 1.82) is 0 Å². The van der Waals surface area contributed by atoms with Crippen LogP contribution >= 0.6 is 11.3 Å². The molecule has 1 aliphatic carbocycles. The molecule has 0 radical (unpaired) electrons. The van der Waals surface area contributed by atoms with Crippen LogP contribution in [0, 0.1) is 22.0 Å². The van der Waals surface area contributed by atoms with Crippen molar-refractivity contribution in [3.8, 4) is 0 Å². The summed E-state index contributed by atoms with van der Waals surface area (Å²) in [5.74, 6) is 1.39. The van der Waals surface area contributed by atoms with E-state index in [0.29, 0.717) is 23.2 Å². The van der Waals surface area contributed by atoms with E-state index in [-0.39, 0.29) is 10.6 Å².